The number of carbonyl (C=O) groups is 1. The van der Waals surface area contributed by atoms with Crippen molar-refractivity contribution < 1.29 is 13.9 Å². The second kappa shape index (κ2) is 6.68. The third kappa shape index (κ3) is 3.12. The van der Waals surface area contributed by atoms with Crippen LogP contribution in [0.1, 0.15) is 16.2 Å². The highest BCUT2D eigenvalue weighted by Crippen LogP contribution is 2.21. The quantitative estimate of drug-likeness (QED) is 0.571. The van der Waals surface area contributed by atoms with Crippen LogP contribution in [-0.4, -0.2) is 15.9 Å². The number of pyridine rings is 1. The predicted molar refractivity (Wildman–Crippen MR) is 95.6 cm³/mol. The Labute approximate surface area is 148 Å². The number of H-pyrrole nitrogens is 1. The number of ether oxygens (including phenoxy) is 1. The number of nitrogens with one attached hydrogen (secondary N) is 1. The Morgan fingerprint density at radius 1 is 1.08 bits per heavy atom. The third-order valence-electron chi connectivity index (χ3n) is 3.91. The fraction of sp³-hybridized carbons (Fsp3) is 0.0500. The van der Waals surface area contributed by atoms with Crippen LogP contribution in [0.15, 0.2) is 76.1 Å². The average molecular weight is 346 g/mol. The number of carbonyl (C=O) groups excluding carboxylic acids is 1. The highest BCUT2D eigenvalue weighted by molar-refractivity contribution is 6.03. The molecular weight excluding hydrogens is 332 g/mol. The minimum atomic E-state index is -0.605. The largest absolute Gasteiger partial charge is 0.452 e. The lowest BCUT2D eigenvalue weighted by Crippen LogP contribution is -2.13. The highest BCUT2D eigenvalue weighted by atomic mass is 16.5. The maximum atomic E-state index is 12.4. The van der Waals surface area contributed by atoms with E-state index >= 15 is 0 Å². The number of nitrogens with zero attached hydrogens (tertiary/aromatic N) is 1. The van der Waals surface area contributed by atoms with Gasteiger partial charge >= 0.3 is 5.97 Å². The van der Waals surface area contributed by atoms with Crippen molar-refractivity contribution in [3.05, 3.63) is 88.7 Å². The standard InChI is InChI=1S/C20H14N2O4/c23-18-10-15(14-8-4-5-9-16(14)22-18)20(24)25-12-19-21-11-17(26-19)13-6-2-1-3-7-13/h1-11H,12H2,(H,22,23). The summed E-state index contributed by atoms with van der Waals surface area (Å²) in [5.41, 5.74) is 1.31. The van der Waals surface area contributed by atoms with Crippen LogP contribution in [0.4, 0.5) is 0 Å². The van der Waals surface area contributed by atoms with Crippen LogP contribution in [-0.2, 0) is 11.3 Å². The van der Waals surface area contributed by atoms with Crippen molar-refractivity contribution in [2.45, 2.75) is 6.61 Å². The maximum Gasteiger partial charge on any atom is 0.339 e. The van der Waals surface area contributed by atoms with Gasteiger partial charge in [0.05, 0.1) is 11.8 Å². The zero-order valence-corrected chi connectivity index (χ0v) is 13.6. The van der Waals surface area contributed by atoms with Crippen molar-refractivity contribution in [2.75, 3.05) is 0 Å². The highest BCUT2D eigenvalue weighted by Gasteiger charge is 2.15. The molecule has 0 spiro atoms. The first-order valence-electron chi connectivity index (χ1n) is 8.00. The summed E-state index contributed by atoms with van der Waals surface area (Å²) in [6.45, 7) is -0.118. The number of hydrogen-bond donors (Lipinski definition) is 1. The summed E-state index contributed by atoms with van der Waals surface area (Å²) in [6, 6.07) is 17.8. The lowest BCUT2D eigenvalue weighted by molar-refractivity contribution is 0.0441. The molecule has 1 N–H and O–H groups in total. The molecular formula is C20H14N2O4. The number of aromatic amines is 1. The summed E-state index contributed by atoms with van der Waals surface area (Å²) < 4.78 is 10.9. The smallest absolute Gasteiger partial charge is 0.339 e. The molecule has 0 saturated heterocycles. The molecule has 0 saturated carbocycles. The molecule has 0 aliphatic heterocycles. The number of para-hydroxylation sites is 1. The molecule has 0 bridgehead atoms. The van der Waals surface area contributed by atoms with Gasteiger partial charge in [0.15, 0.2) is 12.4 Å². The van der Waals surface area contributed by atoms with E-state index in [-0.39, 0.29) is 23.6 Å². The molecule has 0 radical (unpaired) electrons. The Balaban J connectivity index is 1.53. The van der Waals surface area contributed by atoms with E-state index in [0.717, 1.165) is 5.56 Å². The van der Waals surface area contributed by atoms with Gasteiger partial charge in [-0.05, 0) is 6.07 Å². The van der Waals surface area contributed by atoms with Crippen LogP contribution in [0.25, 0.3) is 22.2 Å². The van der Waals surface area contributed by atoms with Crippen molar-refractivity contribution in [1.29, 1.82) is 0 Å². The molecule has 4 aromatic rings. The van der Waals surface area contributed by atoms with Crippen LogP contribution in [0.5, 0.6) is 0 Å². The van der Waals surface area contributed by atoms with Gasteiger partial charge in [0.1, 0.15) is 0 Å². The maximum absolute atomic E-state index is 12.4. The Kier molecular flexibility index (Phi) is 4.07. The molecule has 0 unspecified atom stereocenters. The van der Waals surface area contributed by atoms with Gasteiger partial charge in [0.2, 0.25) is 11.4 Å². The fourth-order valence-electron chi connectivity index (χ4n) is 2.69. The van der Waals surface area contributed by atoms with E-state index in [2.05, 4.69) is 9.97 Å². The van der Waals surface area contributed by atoms with Gasteiger partial charge in [-0.2, -0.15) is 0 Å². The summed E-state index contributed by atoms with van der Waals surface area (Å²) in [5.74, 6) is 0.274. The van der Waals surface area contributed by atoms with Gasteiger partial charge in [-0.3, -0.25) is 4.79 Å². The molecule has 0 fully saturated rings. The number of rotatable bonds is 4. The Bertz CT molecular complexity index is 1130. The Morgan fingerprint density at radius 2 is 1.85 bits per heavy atom. The number of benzene rings is 2. The molecule has 6 nitrogen and oxygen atoms in total. The van der Waals surface area contributed by atoms with Crippen molar-refractivity contribution >= 4 is 16.9 Å². The monoisotopic (exact) mass is 346 g/mol. The van der Waals surface area contributed by atoms with E-state index < -0.39 is 5.97 Å². The topological polar surface area (TPSA) is 85.2 Å². The van der Waals surface area contributed by atoms with Gasteiger partial charge < -0.3 is 14.1 Å². The average Bonchev–Trinajstić information content (AvgIpc) is 3.15. The van der Waals surface area contributed by atoms with E-state index in [1.165, 1.54) is 6.07 Å². The van der Waals surface area contributed by atoms with E-state index in [1.807, 2.05) is 30.3 Å². The molecule has 26 heavy (non-hydrogen) atoms. The van der Waals surface area contributed by atoms with Crippen molar-refractivity contribution in [3.63, 3.8) is 0 Å². The summed E-state index contributed by atoms with van der Waals surface area (Å²) >= 11 is 0. The minimum absolute atomic E-state index is 0.118. The molecule has 4 rings (SSSR count). The zero-order valence-electron chi connectivity index (χ0n) is 13.6. The SMILES string of the molecule is O=C(OCc1ncc(-c2ccccc2)o1)c1cc(=O)[nH]c2ccccc12. The molecule has 0 aliphatic rings. The molecule has 0 amide bonds. The number of aromatic nitrogens is 2. The number of oxazole rings is 1. The molecule has 128 valence electrons. The van der Waals surface area contributed by atoms with E-state index in [1.54, 1.807) is 30.5 Å². The van der Waals surface area contributed by atoms with E-state index in [9.17, 15) is 9.59 Å². The van der Waals surface area contributed by atoms with Crippen LogP contribution in [0.2, 0.25) is 0 Å². The first kappa shape index (κ1) is 15.8. The molecule has 0 aliphatic carbocycles. The van der Waals surface area contributed by atoms with Gasteiger partial charge in [0.25, 0.3) is 0 Å². The second-order valence-electron chi connectivity index (χ2n) is 5.65. The summed E-state index contributed by atoms with van der Waals surface area (Å²) in [4.78, 5) is 31.0. The first-order valence-corrected chi connectivity index (χ1v) is 8.00. The van der Waals surface area contributed by atoms with Crippen molar-refractivity contribution in [1.82, 2.24) is 9.97 Å². The molecule has 2 aromatic carbocycles. The van der Waals surface area contributed by atoms with Crippen molar-refractivity contribution in [3.8, 4) is 11.3 Å². The van der Waals surface area contributed by atoms with Crippen LogP contribution in [0.3, 0.4) is 0 Å². The Morgan fingerprint density at radius 3 is 2.69 bits per heavy atom. The summed E-state index contributed by atoms with van der Waals surface area (Å²) in [7, 11) is 0. The fourth-order valence-corrected chi connectivity index (χ4v) is 2.69. The van der Waals surface area contributed by atoms with E-state index in [0.29, 0.717) is 16.7 Å². The molecule has 2 heterocycles. The molecule has 6 heteroatoms. The van der Waals surface area contributed by atoms with E-state index in [4.69, 9.17) is 9.15 Å². The number of fused-ring (bicyclic) bond motifs is 1. The first-order chi connectivity index (χ1) is 12.7. The zero-order chi connectivity index (χ0) is 17.9. The lowest BCUT2D eigenvalue weighted by atomic mass is 10.1. The number of hydrogen-bond acceptors (Lipinski definition) is 5. The number of esters is 1. The van der Waals surface area contributed by atoms with Gasteiger partial charge in [0, 0.05) is 22.5 Å². The minimum Gasteiger partial charge on any atom is -0.452 e. The second-order valence-corrected chi connectivity index (χ2v) is 5.65. The predicted octanol–water partition coefficient (Wildman–Crippen LogP) is 3.54. The van der Waals surface area contributed by atoms with Crippen molar-refractivity contribution in [2.24, 2.45) is 0 Å². The Hall–Kier alpha value is -3.67. The molecule has 2 aromatic heterocycles. The normalized spacial score (nSPS) is 10.8. The van der Waals surface area contributed by atoms with Crippen LogP contribution < -0.4 is 5.56 Å². The third-order valence-corrected chi connectivity index (χ3v) is 3.91. The van der Waals surface area contributed by atoms with Crippen LogP contribution >= 0.6 is 0 Å². The summed E-state index contributed by atoms with van der Waals surface area (Å²) in [6.07, 6.45) is 1.58. The van der Waals surface area contributed by atoms with Gasteiger partial charge in [-0.1, -0.05) is 48.5 Å². The van der Waals surface area contributed by atoms with Crippen LogP contribution in [0, 0.1) is 0 Å². The summed E-state index contributed by atoms with van der Waals surface area (Å²) in [5, 5.41) is 0.620. The van der Waals surface area contributed by atoms with Gasteiger partial charge in [-0.15, -0.1) is 0 Å². The molecule has 0 atom stereocenters. The lowest BCUT2D eigenvalue weighted by Gasteiger charge is -2.05. The van der Waals surface area contributed by atoms with Gasteiger partial charge in [-0.25, -0.2) is 9.78 Å².